The van der Waals surface area contributed by atoms with Gasteiger partial charge < -0.3 is 0 Å². The van der Waals surface area contributed by atoms with Crippen molar-refractivity contribution in [3.8, 4) is 0 Å². The first-order valence-electron chi connectivity index (χ1n) is 9.87. The zero-order valence-electron chi connectivity index (χ0n) is 17.2. The summed E-state index contributed by atoms with van der Waals surface area (Å²) in [5, 5.41) is 35.8. The first kappa shape index (κ1) is 20.6. The Bertz CT molecular complexity index is 1350. The molecule has 0 saturated heterocycles. The summed E-state index contributed by atoms with van der Waals surface area (Å²) in [7, 11) is 0. The fraction of sp³-hybridized carbons (Fsp3) is 0.0909. The molecule has 0 N–H and O–H groups in total. The normalized spacial score (nSPS) is 18.9. The van der Waals surface area contributed by atoms with Gasteiger partial charge in [-0.2, -0.15) is 10.2 Å². The second-order valence-corrected chi connectivity index (χ2v) is 8.34. The smallest absolute Gasteiger partial charge is 0.258 e. The zero-order chi connectivity index (χ0) is 23.2. The van der Waals surface area contributed by atoms with Gasteiger partial charge in [-0.25, -0.2) is 10.0 Å². The van der Waals surface area contributed by atoms with Crippen molar-refractivity contribution in [3.05, 3.63) is 104 Å². The highest BCUT2D eigenvalue weighted by Crippen LogP contribution is 2.54. The van der Waals surface area contributed by atoms with Gasteiger partial charge in [0.15, 0.2) is 0 Å². The van der Waals surface area contributed by atoms with E-state index in [1.165, 1.54) is 28.9 Å². The minimum Gasteiger partial charge on any atom is -0.258 e. The van der Waals surface area contributed by atoms with Crippen molar-refractivity contribution in [1.29, 1.82) is 0 Å². The Morgan fingerprint density at radius 2 is 1.64 bits per heavy atom. The molecule has 0 radical (unpaired) electrons. The first-order chi connectivity index (χ1) is 15.9. The highest BCUT2D eigenvalue weighted by molar-refractivity contribution is 8.13. The minimum atomic E-state index is -1.11. The summed E-state index contributed by atoms with van der Waals surface area (Å²) < 4.78 is 0. The maximum absolute atomic E-state index is 11.9. The molecule has 0 aromatic heterocycles. The third-order valence-corrected chi connectivity index (χ3v) is 6.56. The largest absolute Gasteiger partial charge is 0.301 e. The summed E-state index contributed by atoms with van der Waals surface area (Å²) in [6.07, 6.45) is 0. The molecule has 0 saturated carbocycles. The molecule has 0 amide bonds. The zero-order valence-corrected chi connectivity index (χ0v) is 18.0. The minimum absolute atomic E-state index is 0.123. The van der Waals surface area contributed by atoms with E-state index in [1.54, 1.807) is 10.6 Å². The molecule has 3 aromatic carbocycles. The number of para-hydroxylation sites is 1. The third-order valence-electron chi connectivity index (χ3n) is 5.47. The van der Waals surface area contributed by atoms with Crippen LogP contribution in [0.3, 0.4) is 0 Å². The monoisotopic (exact) mass is 460 g/mol. The van der Waals surface area contributed by atoms with Crippen LogP contribution in [0.4, 0.5) is 22.7 Å². The second-order valence-electron chi connectivity index (χ2n) is 7.32. The maximum atomic E-state index is 11.9. The van der Waals surface area contributed by atoms with Gasteiger partial charge >= 0.3 is 5.69 Å². The average Bonchev–Trinajstić information content (AvgIpc) is 3.26. The highest BCUT2D eigenvalue weighted by Gasteiger charge is 2.53. The van der Waals surface area contributed by atoms with Gasteiger partial charge in [-0.3, -0.25) is 20.2 Å². The van der Waals surface area contributed by atoms with Gasteiger partial charge in [0.2, 0.25) is 4.99 Å². The van der Waals surface area contributed by atoms with Gasteiger partial charge in [0.1, 0.15) is 5.69 Å². The van der Waals surface area contributed by atoms with E-state index in [1.807, 2.05) is 61.5 Å². The molecular formula is C22H16N6O4S. The Kier molecular flexibility index (Phi) is 4.82. The lowest BCUT2D eigenvalue weighted by Gasteiger charge is -2.46. The summed E-state index contributed by atoms with van der Waals surface area (Å²) in [5.41, 5.74) is 4.22. The Morgan fingerprint density at radius 1 is 0.909 bits per heavy atom. The lowest BCUT2D eigenvalue weighted by molar-refractivity contribution is -0.393. The molecule has 10 nitrogen and oxygen atoms in total. The van der Waals surface area contributed by atoms with Gasteiger partial charge in [-0.1, -0.05) is 54.2 Å². The Hall–Kier alpha value is -4.25. The molecule has 0 unspecified atom stereocenters. The van der Waals surface area contributed by atoms with Crippen LogP contribution < -0.4 is 10.0 Å². The van der Waals surface area contributed by atoms with E-state index in [2.05, 4.69) is 5.10 Å². The molecule has 164 valence electrons. The Labute approximate surface area is 192 Å². The van der Waals surface area contributed by atoms with Crippen LogP contribution in [-0.2, 0) is 4.99 Å². The molecule has 11 heteroatoms. The van der Waals surface area contributed by atoms with Crippen LogP contribution in [0.2, 0.25) is 0 Å². The van der Waals surface area contributed by atoms with E-state index in [-0.39, 0.29) is 11.4 Å². The molecule has 3 aromatic rings. The van der Waals surface area contributed by atoms with Crippen LogP contribution >= 0.6 is 11.8 Å². The number of thioether (sulfide) groups is 1. The summed E-state index contributed by atoms with van der Waals surface area (Å²) in [4.78, 5) is 20.8. The van der Waals surface area contributed by atoms with Crippen LogP contribution in [0, 0.1) is 20.2 Å². The van der Waals surface area contributed by atoms with Crippen LogP contribution in [0.15, 0.2) is 83.0 Å². The van der Waals surface area contributed by atoms with Gasteiger partial charge in [0.25, 0.3) is 5.69 Å². The van der Waals surface area contributed by atoms with E-state index in [4.69, 9.17) is 5.10 Å². The van der Waals surface area contributed by atoms with Crippen molar-refractivity contribution >= 4 is 45.8 Å². The molecule has 2 heterocycles. The highest BCUT2D eigenvalue weighted by atomic mass is 32.2. The van der Waals surface area contributed by atoms with Crippen LogP contribution in [-0.4, -0.2) is 21.1 Å². The third kappa shape index (κ3) is 3.12. The van der Waals surface area contributed by atoms with E-state index < -0.39 is 20.5 Å². The predicted octanol–water partition coefficient (Wildman–Crippen LogP) is 5.05. The van der Waals surface area contributed by atoms with Crippen LogP contribution in [0.1, 0.15) is 18.1 Å². The molecule has 2 aliphatic heterocycles. The SMILES string of the molecule is CC1=NN(c2ccccc2)[C@]2(SC=NN2c2ccc([N+](=O)[O-])cc2[N+](=O)[O-])c2ccccc21. The maximum Gasteiger partial charge on any atom is 0.301 e. The van der Waals surface area contributed by atoms with Gasteiger partial charge in [-0.15, -0.1) is 0 Å². The van der Waals surface area contributed by atoms with E-state index in [9.17, 15) is 20.2 Å². The number of non-ortho nitro benzene ring substituents is 1. The van der Waals surface area contributed by atoms with Gasteiger partial charge in [-0.05, 0) is 25.1 Å². The van der Waals surface area contributed by atoms with Crippen molar-refractivity contribution in [2.45, 2.75) is 11.9 Å². The molecule has 0 aliphatic carbocycles. The molecule has 2 aliphatic rings. The lowest BCUT2D eigenvalue weighted by atomic mass is 9.98. The predicted molar refractivity (Wildman–Crippen MR) is 128 cm³/mol. The number of nitro groups is 2. The fourth-order valence-corrected chi connectivity index (χ4v) is 5.12. The van der Waals surface area contributed by atoms with E-state index >= 15 is 0 Å². The summed E-state index contributed by atoms with van der Waals surface area (Å²) >= 11 is 1.34. The van der Waals surface area contributed by atoms with Crippen molar-refractivity contribution in [2.24, 2.45) is 10.2 Å². The van der Waals surface area contributed by atoms with Crippen molar-refractivity contribution in [2.75, 3.05) is 10.0 Å². The number of hydrogen-bond donors (Lipinski definition) is 0. The number of fused-ring (bicyclic) bond motifs is 2. The topological polar surface area (TPSA) is 117 Å². The number of benzene rings is 3. The molecular weight excluding hydrogens is 444 g/mol. The molecule has 1 spiro atoms. The van der Waals surface area contributed by atoms with Crippen molar-refractivity contribution in [3.63, 3.8) is 0 Å². The number of nitrogens with zero attached hydrogens (tertiary/aromatic N) is 6. The molecule has 5 rings (SSSR count). The number of anilines is 2. The van der Waals surface area contributed by atoms with Gasteiger partial charge in [0.05, 0.1) is 32.9 Å². The number of hydrogen-bond acceptors (Lipinski definition) is 9. The first-order valence-corrected chi connectivity index (χ1v) is 10.7. The Balaban J connectivity index is 1.78. The second kappa shape index (κ2) is 7.71. The molecule has 0 bridgehead atoms. The summed E-state index contributed by atoms with van der Waals surface area (Å²) in [6, 6.07) is 20.7. The van der Waals surface area contributed by atoms with Crippen LogP contribution in [0.5, 0.6) is 0 Å². The molecule has 33 heavy (non-hydrogen) atoms. The standard InChI is InChI=1S/C22H16N6O4S/c1-15-18-9-5-6-10-19(18)22(25(24-15)16-7-3-2-4-8-16)26(23-14-33-22)20-12-11-17(27(29)30)13-21(20)28(31)32/h2-14H,1H3/t22-/m1/s1. The number of rotatable bonds is 4. The van der Waals surface area contributed by atoms with Crippen molar-refractivity contribution in [1.82, 2.24) is 0 Å². The van der Waals surface area contributed by atoms with Crippen molar-refractivity contribution < 1.29 is 9.85 Å². The quantitative estimate of drug-likeness (QED) is 0.395. The van der Waals surface area contributed by atoms with Gasteiger partial charge in [0, 0.05) is 17.2 Å². The summed E-state index contributed by atoms with van der Waals surface area (Å²) in [6.45, 7) is 1.90. The summed E-state index contributed by atoms with van der Waals surface area (Å²) in [5.74, 6) is 0. The number of nitro benzene ring substituents is 2. The van der Waals surface area contributed by atoms with E-state index in [0.29, 0.717) is 0 Å². The van der Waals surface area contributed by atoms with Crippen LogP contribution in [0.25, 0.3) is 0 Å². The molecule has 1 atom stereocenters. The lowest BCUT2D eigenvalue weighted by Crippen LogP contribution is -2.53. The molecule has 0 fully saturated rings. The number of hydrazone groups is 2. The average molecular weight is 460 g/mol. The fourth-order valence-electron chi connectivity index (χ4n) is 4.04. The van der Waals surface area contributed by atoms with E-state index in [0.717, 1.165) is 28.6 Å². The Morgan fingerprint density at radius 3 is 2.36 bits per heavy atom.